The summed E-state index contributed by atoms with van der Waals surface area (Å²) in [5.74, 6) is 0.399. The van der Waals surface area contributed by atoms with Crippen molar-refractivity contribution in [2.45, 2.75) is 6.92 Å². The van der Waals surface area contributed by atoms with Crippen LogP contribution in [0.15, 0.2) is 29.8 Å². The molecule has 0 fully saturated rings. The Balaban J connectivity index is 0.00000256. The summed E-state index contributed by atoms with van der Waals surface area (Å²) in [6, 6.07) is 3.71. The Labute approximate surface area is 146 Å². The van der Waals surface area contributed by atoms with E-state index in [0.29, 0.717) is 5.75 Å². The average molecular weight is 289 g/mol. The van der Waals surface area contributed by atoms with Gasteiger partial charge in [-0.2, -0.15) is 0 Å². The van der Waals surface area contributed by atoms with Crippen LogP contribution in [0.3, 0.4) is 0 Å². The molecule has 1 nitrogen and oxygen atoms in total. The monoisotopic (exact) mass is 288 g/mol. The van der Waals surface area contributed by atoms with Gasteiger partial charge in [0.05, 0.1) is 0 Å². The molecule has 0 heterocycles. The summed E-state index contributed by atoms with van der Waals surface area (Å²) < 4.78 is 42.6. The number of aryl methyl sites for hydroxylation is 1. The van der Waals surface area contributed by atoms with Crippen molar-refractivity contribution in [2.75, 3.05) is 6.61 Å². The summed E-state index contributed by atoms with van der Waals surface area (Å²) in [7, 11) is 0. The molecular weight excluding hydrogens is 278 g/mol. The van der Waals surface area contributed by atoms with E-state index in [-0.39, 0.29) is 63.6 Å². The van der Waals surface area contributed by atoms with Crippen molar-refractivity contribution in [2.24, 2.45) is 0 Å². The SMILES string of the molecule is Cc1cc(OC/C=C/Cl)ccc1[B-](F)(F)F.[K+]. The molecule has 0 spiro atoms. The molecule has 88 valence electrons. The maximum atomic E-state index is 12.5. The second kappa shape index (κ2) is 7.86. The Morgan fingerprint density at radius 1 is 1.35 bits per heavy atom. The van der Waals surface area contributed by atoms with Gasteiger partial charge in [0.2, 0.25) is 0 Å². The fourth-order valence-corrected chi connectivity index (χ4v) is 1.36. The van der Waals surface area contributed by atoms with E-state index in [1.54, 1.807) is 6.08 Å². The minimum atomic E-state index is -4.95. The second-order valence-corrected chi connectivity index (χ2v) is 3.52. The van der Waals surface area contributed by atoms with Crippen LogP contribution in [0.5, 0.6) is 5.75 Å². The first-order valence-corrected chi connectivity index (χ1v) is 5.07. The molecule has 0 aliphatic rings. The molecule has 0 saturated heterocycles. The molecule has 0 bridgehead atoms. The topological polar surface area (TPSA) is 9.23 Å². The van der Waals surface area contributed by atoms with Crippen molar-refractivity contribution in [3.63, 3.8) is 0 Å². The normalized spacial score (nSPS) is 11.4. The van der Waals surface area contributed by atoms with E-state index < -0.39 is 12.4 Å². The fourth-order valence-electron chi connectivity index (χ4n) is 1.29. The molecule has 0 radical (unpaired) electrons. The first-order chi connectivity index (χ1) is 7.45. The van der Waals surface area contributed by atoms with Crippen LogP contribution in [-0.4, -0.2) is 13.6 Å². The number of hydrogen-bond acceptors (Lipinski definition) is 1. The zero-order valence-electron chi connectivity index (χ0n) is 9.59. The molecule has 7 heteroatoms. The molecule has 17 heavy (non-hydrogen) atoms. The van der Waals surface area contributed by atoms with Crippen LogP contribution in [0.25, 0.3) is 0 Å². The third-order valence-electron chi connectivity index (χ3n) is 2.03. The molecule has 0 saturated carbocycles. The van der Waals surface area contributed by atoms with E-state index in [0.717, 1.165) is 6.07 Å². The van der Waals surface area contributed by atoms with Gasteiger partial charge in [0.25, 0.3) is 0 Å². The summed E-state index contributed by atoms with van der Waals surface area (Å²) in [6.45, 7) is -3.31. The van der Waals surface area contributed by atoms with Crippen molar-refractivity contribution < 1.29 is 69.1 Å². The Bertz CT molecular complexity index is 396. The molecule has 0 amide bonds. The van der Waals surface area contributed by atoms with E-state index in [1.165, 1.54) is 24.6 Å². The van der Waals surface area contributed by atoms with Crippen LogP contribution in [0.2, 0.25) is 0 Å². The van der Waals surface area contributed by atoms with E-state index >= 15 is 0 Å². The fraction of sp³-hybridized carbons (Fsp3) is 0.200. The molecule has 0 atom stereocenters. The van der Waals surface area contributed by atoms with Crippen LogP contribution in [0.1, 0.15) is 5.56 Å². The summed E-state index contributed by atoms with van der Waals surface area (Å²) in [4.78, 5) is 0. The maximum absolute atomic E-state index is 12.5. The van der Waals surface area contributed by atoms with Gasteiger partial charge in [0.1, 0.15) is 12.4 Å². The van der Waals surface area contributed by atoms with E-state index in [4.69, 9.17) is 16.3 Å². The minimum absolute atomic E-state index is 0. The smallest absolute Gasteiger partial charge is 0.489 e. The molecule has 1 aromatic rings. The van der Waals surface area contributed by atoms with Crippen LogP contribution < -0.4 is 61.6 Å². The van der Waals surface area contributed by atoms with Gasteiger partial charge in [-0.05, 0) is 25.1 Å². The van der Waals surface area contributed by atoms with E-state index in [1.807, 2.05) is 0 Å². The van der Waals surface area contributed by atoms with E-state index in [2.05, 4.69) is 0 Å². The van der Waals surface area contributed by atoms with Crippen molar-refractivity contribution in [1.82, 2.24) is 0 Å². The molecule has 0 aliphatic carbocycles. The maximum Gasteiger partial charge on any atom is 1.00 e. The predicted octanol–water partition coefficient (Wildman–Crippen LogP) is 0.185. The predicted molar refractivity (Wildman–Crippen MR) is 60.4 cm³/mol. The van der Waals surface area contributed by atoms with Gasteiger partial charge in [-0.15, -0.1) is 5.46 Å². The van der Waals surface area contributed by atoms with Crippen LogP contribution in [-0.2, 0) is 0 Å². The Hall–Kier alpha value is 0.541. The quantitative estimate of drug-likeness (QED) is 0.719. The molecule has 0 unspecified atom stereocenters. The largest absolute Gasteiger partial charge is 1.00 e. The van der Waals surface area contributed by atoms with Crippen LogP contribution in [0, 0.1) is 6.92 Å². The van der Waals surface area contributed by atoms with Gasteiger partial charge in [-0.3, -0.25) is 0 Å². The number of halogens is 4. The van der Waals surface area contributed by atoms with Gasteiger partial charge >= 0.3 is 58.4 Å². The zero-order valence-corrected chi connectivity index (χ0v) is 13.5. The first-order valence-electron chi connectivity index (χ1n) is 4.63. The van der Waals surface area contributed by atoms with Crippen LogP contribution >= 0.6 is 11.6 Å². The molecular formula is C10H10BClF3KO. The second-order valence-electron chi connectivity index (χ2n) is 3.27. The third kappa shape index (κ3) is 5.81. The van der Waals surface area contributed by atoms with Crippen LogP contribution in [0.4, 0.5) is 12.9 Å². The summed E-state index contributed by atoms with van der Waals surface area (Å²) >= 11 is 5.28. The van der Waals surface area contributed by atoms with E-state index in [9.17, 15) is 12.9 Å². The number of benzene rings is 1. The van der Waals surface area contributed by atoms with Gasteiger partial charge < -0.3 is 17.7 Å². The molecule has 0 aliphatic heterocycles. The van der Waals surface area contributed by atoms with Crippen molar-refractivity contribution in [3.8, 4) is 5.75 Å². The van der Waals surface area contributed by atoms with Crippen molar-refractivity contribution >= 4 is 24.0 Å². The Morgan fingerprint density at radius 2 is 2.00 bits per heavy atom. The number of ether oxygens (including phenoxy) is 1. The van der Waals surface area contributed by atoms with Gasteiger partial charge in [0.15, 0.2) is 0 Å². The standard InChI is InChI=1S/C10H10BClF3O.K/c1-8-7-9(16-6-2-5-12)3-4-10(8)11(13,14)15;/h2-5,7H,6H2,1H3;/q-1;+1/b5-2+;. The minimum Gasteiger partial charge on any atom is -0.489 e. The third-order valence-corrected chi connectivity index (χ3v) is 2.21. The average Bonchev–Trinajstić information content (AvgIpc) is 2.16. The molecule has 0 aromatic heterocycles. The summed E-state index contributed by atoms with van der Waals surface area (Å²) in [5.41, 5.74) is 0.875. The molecule has 0 N–H and O–H groups in total. The summed E-state index contributed by atoms with van der Waals surface area (Å²) in [6.07, 6.45) is 1.55. The first kappa shape index (κ1) is 17.5. The molecule has 1 rings (SSSR count). The van der Waals surface area contributed by atoms with Gasteiger partial charge in [-0.1, -0.05) is 23.2 Å². The summed E-state index contributed by atoms with van der Waals surface area (Å²) in [5, 5.41) is 0. The van der Waals surface area contributed by atoms with Gasteiger partial charge in [0, 0.05) is 5.54 Å². The van der Waals surface area contributed by atoms with Crippen molar-refractivity contribution in [1.29, 1.82) is 0 Å². The Morgan fingerprint density at radius 3 is 2.47 bits per heavy atom. The number of hydrogen-bond donors (Lipinski definition) is 0. The molecule has 1 aromatic carbocycles. The van der Waals surface area contributed by atoms with Crippen molar-refractivity contribution in [3.05, 3.63) is 35.4 Å². The Kier molecular flexibility index (Phi) is 8.11. The number of rotatable bonds is 4. The zero-order chi connectivity index (χ0) is 12.2. The van der Waals surface area contributed by atoms with Gasteiger partial charge in [-0.25, -0.2) is 0 Å².